The predicted octanol–water partition coefficient (Wildman–Crippen LogP) is 3.68. The SMILES string of the molecule is Cc1c(NC2CCCC(C)C2)cccc1C(=O)O. The normalized spacial score (nSPS) is 23.7. The van der Waals surface area contributed by atoms with Crippen LogP contribution in [-0.4, -0.2) is 17.1 Å². The lowest BCUT2D eigenvalue weighted by Crippen LogP contribution is -2.26. The Hall–Kier alpha value is -1.51. The van der Waals surface area contributed by atoms with E-state index in [0.29, 0.717) is 11.6 Å². The number of hydrogen-bond acceptors (Lipinski definition) is 2. The lowest BCUT2D eigenvalue weighted by molar-refractivity contribution is 0.0696. The summed E-state index contributed by atoms with van der Waals surface area (Å²) in [6.45, 7) is 4.16. The zero-order valence-corrected chi connectivity index (χ0v) is 11.1. The molecule has 2 rings (SSSR count). The van der Waals surface area contributed by atoms with E-state index in [2.05, 4.69) is 12.2 Å². The van der Waals surface area contributed by atoms with Crippen molar-refractivity contribution >= 4 is 11.7 Å². The molecule has 1 aromatic carbocycles. The van der Waals surface area contributed by atoms with Crippen LogP contribution in [0.1, 0.15) is 48.5 Å². The lowest BCUT2D eigenvalue weighted by Gasteiger charge is -2.29. The molecule has 0 spiro atoms. The first kappa shape index (κ1) is 12.9. The van der Waals surface area contributed by atoms with Crippen molar-refractivity contribution < 1.29 is 9.90 Å². The third kappa shape index (κ3) is 2.84. The van der Waals surface area contributed by atoms with Gasteiger partial charge in [0, 0.05) is 11.7 Å². The molecule has 0 heterocycles. The third-order valence-electron chi connectivity index (χ3n) is 3.86. The Kier molecular flexibility index (Phi) is 3.90. The van der Waals surface area contributed by atoms with Crippen molar-refractivity contribution in [3.63, 3.8) is 0 Å². The predicted molar refractivity (Wildman–Crippen MR) is 73.2 cm³/mol. The highest BCUT2D eigenvalue weighted by molar-refractivity contribution is 5.91. The van der Waals surface area contributed by atoms with Crippen molar-refractivity contribution in [2.24, 2.45) is 5.92 Å². The quantitative estimate of drug-likeness (QED) is 0.856. The summed E-state index contributed by atoms with van der Waals surface area (Å²) < 4.78 is 0. The van der Waals surface area contributed by atoms with Crippen molar-refractivity contribution in [3.8, 4) is 0 Å². The minimum Gasteiger partial charge on any atom is -0.478 e. The molecule has 1 aliphatic carbocycles. The Balaban J connectivity index is 2.14. The summed E-state index contributed by atoms with van der Waals surface area (Å²) in [5.74, 6) is -0.0904. The molecule has 0 aliphatic heterocycles. The Morgan fingerprint density at radius 1 is 1.39 bits per heavy atom. The maximum Gasteiger partial charge on any atom is 0.336 e. The highest BCUT2D eigenvalue weighted by Crippen LogP contribution is 2.28. The van der Waals surface area contributed by atoms with Crippen LogP contribution in [0.3, 0.4) is 0 Å². The minimum absolute atomic E-state index is 0.392. The molecule has 1 aromatic rings. The molecule has 0 bridgehead atoms. The summed E-state index contributed by atoms with van der Waals surface area (Å²) in [5.41, 5.74) is 2.20. The Morgan fingerprint density at radius 3 is 2.83 bits per heavy atom. The number of carbonyl (C=O) groups is 1. The summed E-state index contributed by atoms with van der Waals surface area (Å²) in [6, 6.07) is 5.93. The standard InChI is InChI=1S/C15H21NO2/c1-10-5-3-6-12(9-10)16-14-8-4-7-13(11(14)2)15(17)18/h4,7-8,10,12,16H,3,5-6,9H2,1-2H3,(H,17,18). The van der Waals surface area contributed by atoms with Crippen LogP contribution in [0.5, 0.6) is 0 Å². The second kappa shape index (κ2) is 5.42. The topological polar surface area (TPSA) is 49.3 Å². The van der Waals surface area contributed by atoms with E-state index in [1.165, 1.54) is 25.7 Å². The van der Waals surface area contributed by atoms with Gasteiger partial charge in [0.2, 0.25) is 0 Å². The molecular weight excluding hydrogens is 226 g/mol. The third-order valence-corrected chi connectivity index (χ3v) is 3.86. The van der Waals surface area contributed by atoms with Gasteiger partial charge in [-0.3, -0.25) is 0 Å². The zero-order chi connectivity index (χ0) is 13.1. The largest absolute Gasteiger partial charge is 0.478 e. The average molecular weight is 247 g/mol. The smallest absolute Gasteiger partial charge is 0.336 e. The van der Waals surface area contributed by atoms with E-state index in [1.54, 1.807) is 6.07 Å². The molecular formula is C15H21NO2. The molecule has 0 radical (unpaired) electrons. The Bertz CT molecular complexity index is 442. The molecule has 98 valence electrons. The average Bonchev–Trinajstić information content (AvgIpc) is 2.31. The van der Waals surface area contributed by atoms with Crippen LogP contribution >= 0.6 is 0 Å². The zero-order valence-electron chi connectivity index (χ0n) is 11.1. The molecule has 0 saturated heterocycles. The lowest BCUT2D eigenvalue weighted by atomic mass is 9.87. The number of rotatable bonds is 3. The maximum atomic E-state index is 11.1. The summed E-state index contributed by atoms with van der Waals surface area (Å²) in [7, 11) is 0. The van der Waals surface area contributed by atoms with Crippen molar-refractivity contribution in [1.82, 2.24) is 0 Å². The number of nitrogens with one attached hydrogen (secondary N) is 1. The summed E-state index contributed by atoms with van der Waals surface area (Å²) in [5, 5.41) is 12.6. The number of anilines is 1. The molecule has 3 heteroatoms. The van der Waals surface area contributed by atoms with Gasteiger partial charge in [-0.2, -0.15) is 0 Å². The van der Waals surface area contributed by atoms with E-state index in [9.17, 15) is 4.79 Å². The summed E-state index contributed by atoms with van der Waals surface area (Å²) in [4.78, 5) is 11.1. The van der Waals surface area contributed by atoms with Crippen molar-refractivity contribution in [2.75, 3.05) is 5.32 Å². The van der Waals surface area contributed by atoms with Crippen LogP contribution in [0.25, 0.3) is 0 Å². The van der Waals surface area contributed by atoms with Crippen molar-refractivity contribution in [2.45, 2.75) is 45.6 Å². The molecule has 0 amide bonds. The Labute approximate surface area is 108 Å². The van der Waals surface area contributed by atoms with Crippen LogP contribution in [-0.2, 0) is 0 Å². The van der Waals surface area contributed by atoms with Crippen LogP contribution in [0, 0.1) is 12.8 Å². The van der Waals surface area contributed by atoms with Gasteiger partial charge in [-0.15, -0.1) is 0 Å². The van der Waals surface area contributed by atoms with Gasteiger partial charge in [-0.25, -0.2) is 4.79 Å². The molecule has 2 N–H and O–H groups in total. The van der Waals surface area contributed by atoms with Gasteiger partial charge in [-0.05, 0) is 43.4 Å². The van der Waals surface area contributed by atoms with Gasteiger partial charge in [0.25, 0.3) is 0 Å². The van der Waals surface area contributed by atoms with Gasteiger partial charge in [-0.1, -0.05) is 25.8 Å². The molecule has 1 aliphatic rings. The highest BCUT2D eigenvalue weighted by Gasteiger charge is 2.19. The fourth-order valence-electron chi connectivity index (χ4n) is 2.81. The fourth-order valence-corrected chi connectivity index (χ4v) is 2.81. The minimum atomic E-state index is -0.854. The van der Waals surface area contributed by atoms with E-state index in [0.717, 1.165) is 17.2 Å². The molecule has 2 atom stereocenters. The molecule has 1 saturated carbocycles. The summed E-state index contributed by atoms with van der Waals surface area (Å²) in [6.07, 6.45) is 4.93. The Morgan fingerprint density at radius 2 is 2.17 bits per heavy atom. The second-order valence-corrected chi connectivity index (χ2v) is 5.40. The number of aromatic carboxylic acids is 1. The van der Waals surface area contributed by atoms with E-state index >= 15 is 0 Å². The maximum absolute atomic E-state index is 11.1. The van der Waals surface area contributed by atoms with Crippen LogP contribution in [0.4, 0.5) is 5.69 Å². The fraction of sp³-hybridized carbons (Fsp3) is 0.533. The first-order valence-electron chi connectivity index (χ1n) is 6.67. The van der Waals surface area contributed by atoms with E-state index in [4.69, 9.17) is 5.11 Å². The van der Waals surface area contributed by atoms with Crippen LogP contribution in [0.2, 0.25) is 0 Å². The molecule has 2 unspecified atom stereocenters. The first-order chi connectivity index (χ1) is 8.58. The van der Waals surface area contributed by atoms with Crippen LogP contribution < -0.4 is 5.32 Å². The molecule has 3 nitrogen and oxygen atoms in total. The van der Waals surface area contributed by atoms with Gasteiger partial charge < -0.3 is 10.4 Å². The van der Waals surface area contributed by atoms with Crippen molar-refractivity contribution in [3.05, 3.63) is 29.3 Å². The second-order valence-electron chi connectivity index (χ2n) is 5.40. The molecule has 18 heavy (non-hydrogen) atoms. The number of benzene rings is 1. The molecule has 1 fully saturated rings. The molecule has 0 aromatic heterocycles. The van der Waals surface area contributed by atoms with Gasteiger partial charge in [0.05, 0.1) is 5.56 Å². The van der Waals surface area contributed by atoms with Crippen molar-refractivity contribution in [1.29, 1.82) is 0 Å². The van der Waals surface area contributed by atoms with E-state index < -0.39 is 5.97 Å². The number of carboxylic acid groups (broad SMARTS) is 1. The van der Waals surface area contributed by atoms with E-state index in [1.807, 2.05) is 19.1 Å². The first-order valence-corrected chi connectivity index (χ1v) is 6.67. The number of hydrogen-bond donors (Lipinski definition) is 2. The highest BCUT2D eigenvalue weighted by atomic mass is 16.4. The van der Waals surface area contributed by atoms with E-state index in [-0.39, 0.29) is 0 Å². The monoisotopic (exact) mass is 247 g/mol. The summed E-state index contributed by atoms with van der Waals surface area (Å²) >= 11 is 0. The van der Waals surface area contributed by atoms with Crippen LogP contribution in [0.15, 0.2) is 18.2 Å². The van der Waals surface area contributed by atoms with Gasteiger partial charge in [0.15, 0.2) is 0 Å². The number of carboxylic acids is 1. The van der Waals surface area contributed by atoms with Gasteiger partial charge >= 0.3 is 5.97 Å². The van der Waals surface area contributed by atoms with Gasteiger partial charge in [0.1, 0.15) is 0 Å².